The van der Waals surface area contributed by atoms with Crippen LogP contribution in [0.1, 0.15) is 23.6 Å². The fourth-order valence-electron chi connectivity index (χ4n) is 1.72. The molecule has 0 spiro atoms. The standard InChI is InChI=1S/C10H14N2O/c13-7-8-1-4-12-10(5-8)9-2-3-11-6-9/h1,4-5,9,11,13H,2-3,6-7H2. The molecule has 0 aromatic carbocycles. The molecule has 13 heavy (non-hydrogen) atoms. The molecule has 1 fully saturated rings. The Balaban J connectivity index is 2.18. The van der Waals surface area contributed by atoms with Crippen LogP contribution in [0, 0.1) is 0 Å². The second kappa shape index (κ2) is 3.85. The average molecular weight is 178 g/mol. The van der Waals surface area contributed by atoms with E-state index in [2.05, 4.69) is 10.3 Å². The Morgan fingerprint density at radius 2 is 2.54 bits per heavy atom. The third-order valence-electron chi connectivity index (χ3n) is 2.51. The summed E-state index contributed by atoms with van der Waals surface area (Å²) in [5, 5.41) is 12.3. The molecule has 2 heterocycles. The van der Waals surface area contributed by atoms with Crippen molar-refractivity contribution < 1.29 is 5.11 Å². The number of aromatic nitrogens is 1. The number of aliphatic hydroxyl groups is 1. The van der Waals surface area contributed by atoms with Gasteiger partial charge < -0.3 is 10.4 Å². The first-order valence-electron chi connectivity index (χ1n) is 4.66. The third kappa shape index (κ3) is 1.87. The Morgan fingerprint density at radius 3 is 3.23 bits per heavy atom. The number of hydrogen-bond acceptors (Lipinski definition) is 3. The molecule has 1 atom stereocenters. The zero-order chi connectivity index (χ0) is 9.10. The summed E-state index contributed by atoms with van der Waals surface area (Å²) in [6.45, 7) is 2.20. The second-order valence-corrected chi connectivity index (χ2v) is 3.44. The lowest BCUT2D eigenvalue weighted by atomic mass is 10.0. The van der Waals surface area contributed by atoms with Crippen molar-refractivity contribution in [3.05, 3.63) is 29.6 Å². The molecular weight excluding hydrogens is 164 g/mol. The summed E-state index contributed by atoms with van der Waals surface area (Å²) in [4.78, 5) is 4.32. The molecule has 3 nitrogen and oxygen atoms in total. The number of aliphatic hydroxyl groups excluding tert-OH is 1. The van der Waals surface area contributed by atoms with Crippen LogP contribution in [0.15, 0.2) is 18.3 Å². The van der Waals surface area contributed by atoms with Gasteiger partial charge in [-0.05, 0) is 30.7 Å². The highest BCUT2D eigenvalue weighted by atomic mass is 16.3. The van der Waals surface area contributed by atoms with Crippen LogP contribution >= 0.6 is 0 Å². The lowest BCUT2D eigenvalue weighted by Crippen LogP contribution is -2.09. The summed E-state index contributed by atoms with van der Waals surface area (Å²) < 4.78 is 0. The molecule has 1 aromatic heterocycles. The Labute approximate surface area is 77.8 Å². The molecule has 1 unspecified atom stereocenters. The monoisotopic (exact) mass is 178 g/mol. The van der Waals surface area contributed by atoms with Gasteiger partial charge in [-0.1, -0.05) is 0 Å². The maximum absolute atomic E-state index is 8.96. The van der Waals surface area contributed by atoms with E-state index in [9.17, 15) is 0 Å². The highest BCUT2D eigenvalue weighted by Crippen LogP contribution is 2.20. The second-order valence-electron chi connectivity index (χ2n) is 3.44. The van der Waals surface area contributed by atoms with Crippen molar-refractivity contribution in [2.24, 2.45) is 0 Å². The number of hydrogen-bond donors (Lipinski definition) is 2. The molecular formula is C10H14N2O. The summed E-state index contributed by atoms with van der Waals surface area (Å²) >= 11 is 0. The van der Waals surface area contributed by atoms with Crippen LogP contribution in [0.5, 0.6) is 0 Å². The molecule has 0 saturated carbocycles. The first-order chi connectivity index (χ1) is 6.40. The van der Waals surface area contributed by atoms with E-state index >= 15 is 0 Å². The molecule has 1 saturated heterocycles. The van der Waals surface area contributed by atoms with Crippen LogP contribution in [0.4, 0.5) is 0 Å². The number of nitrogens with one attached hydrogen (secondary N) is 1. The van der Waals surface area contributed by atoms with E-state index in [0.29, 0.717) is 5.92 Å². The lowest BCUT2D eigenvalue weighted by molar-refractivity contribution is 0.281. The molecule has 2 N–H and O–H groups in total. The third-order valence-corrected chi connectivity index (χ3v) is 2.51. The zero-order valence-corrected chi connectivity index (χ0v) is 7.53. The van der Waals surface area contributed by atoms with Gasteiger partial charge in [-0.2, -0.15) is 0 Å². The normalized spacial score (nSPS) is 22.1. The topological polar surface area (TPSA) is 45.2 Å². The van der Waals surface area contributed by atoms with Crippen LogP contribution in [0.3, 0.4) is 0 Å². The maximum Gasteiger partial charge on any atom is 0.0683 e. The van der Waals surface area contributed by atoms with Crippen LogP contribution < -0.4 is 5.32 Å². The van der Waals surface area contributed by atoms with Gasteiger partial charge in [0.15, 0.2) is 0 Å². The molecule has 0 radical (unpaired) electrons. The van der Waals surface area contributed by atoms with Crippen molar-refractivity contribution in [2.45, 2.75) is 18.9 Å². The van der Waals surface area contributed by atoms with Crippen molar-refractivity contribution in [1.82, 2.24) is 10.3 Å². The van der Waals surface area contributed by atoms with Gasteiger partial charge in [0.05, 0.1) is 6.61 Å². The summed E-state index contributed by atoms with van der Waals surface area (Å²) in [6, 6.07) is 3.85. The quantitative estimate of drug-likeness (QED) is 0.699. The van der Waals surface area contributed by atoms with Gasteiger partial charge in [-0.15, -0.1) is 0 Å². The largest absolute Gasteiger partial charge is 0.392 e. The summed E-state index contributed by atoms with van der Waals surface area (Å²) in [7, 11) is 0. The van der Waals surface area contributed by atoms with Gasteiger partial charge in [0.1, 0.15) is 0 Å². The van der Waals surface area contributed by atoms with Crippen molar-refractivity contribution in [3.8, 4) is 0 Å². The molecule has 2 rings (SSSR count). The number of nitrogens with zero attached hydrogens (tertiary/aromatic N) is 1. The fourth-order valence-corrected chi connectivity index (χ4v) is 1.72. The maximum atomic E-state index is 8.96. The first kappa shape index (κ1) is 8.66. The van der Waals surface area contributed by atoms with Crippen LogP contribution in [-0.2, 0) is 6.61 Å². The Morgan fingerprint density at radius 1 is 1.62 bits per heavy atom. The minimum absolute atomic E-state index is 0.107. The smallest absolute Gasteiger partial charge is 0.0683 e. The molecule has 70 valence electrons. The zero-order valence-electron chi connectivity index (χ0n) is 7.53. The van der Waals surface area contributed by atoms with Gasteiger partial charge in [0.2, 0.25) is 0 Å². The highest BCUT2D eigenvalue weighted by Gasteiger charge is 2.17. The molecule has 0 amide bonds. The van der Waals surface area contributed by atoms with Crippen LogP contribution in [0.2, 0.25) is 0 Å². The minimum Gasteiger partial charge on any atom is -0.392 e. The van der Waals surface area contributed by atoms with Gasteiger partial charge in [0.25, 0.3) is 0 Å². The van der Waals surface area contributed by atoms with Crippen molar-refractivity contribution in [1.29, 1.82) is 0 Å². The number of pyridine rings is 1. The molecule has 1 aromatic rings. The van der Waals surface area contributed by atoms with Gasteiger partial charge in [-0.3, -0.25) is 4.98 Å². The van der Waals surface area contributed by atoms with E-state index in [4.69, 9.17) is 5.11 Å². The molecule has 0 aliphatic carbocycles. The van der Waals surface area contributed by atoms with Crippen LogP contribution in [-0.4, -0.2) is 23.2 Å². The van der Waals surface area contributed by atoms with Gasteiger partial charge in [0, 0.05) is 24.4 Å². The molecule has 3 heteroatoms. The van der Waals surface area contributed by atoms with Crippen molar-refractivity contribution in [3.63, 3.8) is 0 Å². The average Bonchev–Trinajstić information content (AvgIpc) is 2.71. The van der Waals surface area contributed by atoms with Crippen molar-refractivity contribution >= 4 is 0 Å². The SMILES string of the molecule is OCc1ccnc(C2CCNC2)c1. The molecule has 1 aliphatic heterocycles. The predicted molar refractivity (Wildman–Crippen MR) is 50.4 cm³/mol. The number of rotatable bonds is 2. The lowest BCUT2D eigenvalue weighted by Gasteiger charge is -2.07. The van der Waals surface area contributed by atoms with E-state index in [-0.39, 0.29) is 6.61 Å². The Hall–Kier alpha value is -0.930. The van der Waals surface area contributed by atoms with Crippen LogP contribution in [0.25, 0.3) is 0 Å². The van der Waals surface area contributed by atoms with E-state index in [0.717, 1.165) is 30.8 Å². The Kier molecular flexibility index (Phi) is 2.57. The molecule has 1 aliphatic rings. The van der Waals surface area contributed by atoms with Gasteiger partial charge in [-0.25, -0.2) is 0 Å². The molecule has 0 bridgehead atoms. The van der Waals surface area contributed by atoms with Gasteiger partial charge >= 0.3 is 0 Å². The summed E-state index contributed by atoms with van der Waals surface area (Å²) in [6.07, 6.45) is 2.93. The first-order valence-corrected chi connectivity index (χ1v) is 4.66. The van der Waals surface area contributed by atoms with E-state index < -0.39 is 0 Å². The van der Waals surface area contributed by atoms with Crippen molar-refractivity contribution in [2.75, 3.05) is 13.1 Å². The highest BCUT2D eigenvalue weighted by molar-refractivity contribution is 5.19. The summed E-state index contributed by atoms with van der Waals surface area (Å²) in [5.41, 5.74) is 2.06. The van der Waals surface area contributed by atoms with E-state index in [1.807, 2.05) is 12.1 Å². The predicted octanol–water partition coefficient (Wildman–Crippen LogP) is 0.651. The fraction of sp³-hybridized carbons (Fsp3) is 0.500. The van der Waals surface area contributed by atoms with E-state index in [1.54, 1.807) is 6.20 Å². The summed E-state index contributed by atoms with van der Waals surface area (Å²) in [5.74, 6) is 0.534. The minimum atomic E-state index is 0.107. The van der Waals surface area contributed by atoms with E-state index in [1.165, 1.54) is 0 Å². The Bertz CT molecular complexity index is 282.